The lowest BCUT2D eigenvalue weighted by atomic mass is 10.2. The average molecular weight is 871 g/mol. The van der Waals surface area contributed by atoms with Gasteiger partial charge in [0, 0.05) is 63.5 Å². The van der Waals surface area contributed by atoms with Gasteiger partial charge < -0.3 is 50.0 Å². The summed E-state index contributed by atoms with van der Waals surface area (Å²) < 4.78 is 23.2. The maximum Gasteiger partial charge on any atom is 0.187 e. The molecule has 0 unspecified atom stereocenters. The predicted octanol–water partition coefficient (Wildman–Crippen LogP) is 6.86. The van der Waals surface area contributed by atoms with E-state index in [4.69, 9.17) is 53.1 Å². The molecule has 340 valence electrons. The zero-order chi connectivity index (χ0) is 45.2. The van der Waals surface area contributed by atoms with Crippen LogP contribution in [0, 0.1) is 28.7 Å². The Balaban J connectivity index is 0.000000241. The van der Waals surface area contributed by atoms with Gasteiger partial charge in [0.25, 0.3) is 0 Å². The van der Waals surface area contributed by atoms with E-state index >= 15 is 0 Å². The predicted molar refractivity (Wildman–Crippen MR) is 254 cm³/mol. The van der Waals surface area contributed by atoms with Crippen LogP contribution in [-0.4, -0.2) is 136 Å². The second-order valence-electron chi connectivity index (χ2n) is 16.0. The third-order valence-corrected chi connectivity index (χ3v) is 11.2. The molecule has 64 heavy (non-hydrogen) atoms. The highest BCUT2D eigenvalue weighted by molar-refractivity contribution is 5.95. The third-order valence-electron chi connectivity index (χ3n) is 11.2. The van der Waals surface area contributed by atoms with Crippen molar-refractivity contribution in [1.82, 2.24) is 19.6 Å². The second-order valence-corrected chi connectivity index (χ2v) is 16.0. The number of ether oxygens (including phenoxy) is 4. The molecule has 6 N–H and O–H groups in total. The molecule has 6 rings (SSSR count). The lowest BCUT2D eigenvalue weighted by molar-refractivity contribution is 0.221. The van der Waals surface area contributed by atoms with Gasteiger partial charge in [-0.25, -0.2) is 4.85 Å². The summed E-state index contributed by atoms with van der Waals surface area (Å²) >= 11 is 0. The van der Waals surface area contributed by atoms with E-state index in [1.807, 2.05) is 72.8 Å². The van der Waals surface area contributed by atoms with Crippen LogP contribution in [0.25, 0.3) is 4.85 Å². The number of nitrogens with two attached hydrogens (primary N) is 2. The molecule has 2 heterocycles. The number of hydrogen-bond acceptors (Lipinski definition) is 11. The first-order valence-electron chi connectivity index (χ1n) is 22.5. The number of amidine groups is 2. The smallest absolute Gasteiger partial charge is 0.187 e. The Kier molecular flexibility index (Phi) is 21.2. The maximum absolute atomic E-state index is 8.84. The molecule has 0 atom stereocenters. The number of nitrogens with one attached hydrogen (secondary N) is 2. The van der Waals surface area contributed by atoms with Gasteiger partial charge in [-0.05, 0) is 150 Å². The fraction of sp³-hybridized carbons (Fsp3) is 0.440. The second kappa shape index (κ2) is 27.8. The fourth-order valence-corrected chi connectivity index (χ4v) is 7.56. The van der Waals surface area contributed by atoms with Crippen molar-refractivity contribution in [1.29, 1.82) is 16.1 Å². The van der Waals surface area contributed by atoms with Crippen LogP contribution in [0.2, 0.25) is 0 Å². The Morgan fingerprint density at radius 3 is 1.08 bits per heavy atom. The topological polar surface area (TPSA) is 178 Å². The van der Waals surface area contributed by atoms with Gasteiger partial charge in [-0.3, -0.25) is 10.8 Å². The molecule has 4 aromatic carbocycles. The number of hydrogen-bond donors (Lipinski definition) is 4. The molecule has 2 fully saturated rings. The van der Waals surface area contributed by atoms with Crippen LogP contribution in [0.3, 0.4) is 0 Å². The molecule has 14 heteroatoms. The van der Waals surface area contributed by atoms with E-state index in [1.54, 1.807) is 24.3 Å². The van der Waals surface area contributed by atoms with Crippen molar-refractivity contribution in [3.05, 3.63) is 125 Å². The first-order chi connectivity index (χ1) is 31.3. The fourth-order valence-electron chi connectivity index (χ4n) is 7.56. The standard InChI is InChI=1S/C25H36N6O2.C25H30N4O2/c26-24(27)20-4-8-22(9-5-20)32-18-2-14-30-12-1-13-31(17-16-30)15-3-19-33-23-10-6-21(7-11-23)25(28)29;1-27-23-7-11-25(12-8-23)31-20-4-16-29-14-2-13-28(17-18-29)15-3-19-30-24-9-5-22(21-26)6-10-24/h4-11H,1-3,12-19H2,(H3,26,27)(H3,28,29);5-12H,2-4,13-20H2. The molecule has 0 saturated carbocycles. The Labute approximate surface area is 380 Å². The largest absolute Gasteiger partial charge is 0.494 e. The molecule has 0 spiro atoms. The molecule has 0 aliphatic carbocycles. The summed E-state index contributed by atoms with van der Waals surface area (Å²) in [6.45, 7) is 22.8. The van der Waals surface area contributed by atoms with Gasteiger partial charge in [0.05, 0.1) is 44.6 Å². The SMILES string of the molecule is N=C(N)c1ccc(OCCCN2CCCN(CCCOc3ccc(C(=N)N)cc3)CC2)cc1.[C-]#[N+]c1ccc(OCCCN2CCCN(CCCOc3ccc(C#N)cc3)CC2)cc1. The van der Waals surface area contributed by atoms with Crippen molar-refractivity contribution in [2.24, 2.45) is 11.5 Å². The summed E-state index contributed by atoms with van der Waals surface area (Å²) in [6.07, 6.45) is 6.36. The van der Waals surface area contributed by atoms with Crippen LogP contribution in [0.5, 0.6) is 23.0 Å². The van der Waals surface area contributed by atoms with Crippen LogP contribution in [0.4, 0.5) is 5.69 Å². The highest BCUT2D eigenvalue weighted by Crippen LogP contribution is 2.19. The normalized spacial score (nSPS) is 15.0. The summed E-state index contributed by atoms with van der Waals surface area (Å²) in [5.74, 6) is 3.44. The monoisotopic (exact) mass is 871 g/mol. The highest BCUT2D eigenvalue weighted by Gasteiger charge is 2.16. The molecule has 0 amide bonds. The molecule has 2 aliphatic rings. The van der Waals surface area contributed by atoms with E-state index < -0.39 is 0 Å². The van der Waals surface area contributed by atoms with Crippen LogP contribution < -0.4 is 30.4 Å². The summed E-state index contributed by atoms with van der Waals surface area (Å²) in [5.41, 5.74) is 13.7. The molecule has 14 nitrogen and oxygen atoms in total. The van der Waals surface area contributed by atoms with Gasteiger partial charge in [-0.2, -0.15) is 5.26 Å². The van der Waals surface area contributed by atoms with Gasteiger partial charge in [-0.1, -0.05) is 12.1 Å². The number of rotatable bonds is 22. The van der Waals surface area contributed by atoms with Crippen molar-refractivity contribution < 1.29 is 18.9 Å². The van der Waals surface area contributed by atoms with E-state index in [1.165, 1.54) is 12.8 Å². The number of nitrogen functional groups attached to an aromatic ring is 2. The Morgan fingerprint density at radius 2 is 0.797 bits per heavy atom. The van der Waals surface area contributed by atoms with Gasteiger partial charge in [0.1, 0.15) is 34.7 Å². The molecule has 0 radical (unpaired) electrons. The van der Waals surface area contributed by atoms with E-state index in [0.717, 1.165) is 127 Å². The first-order valence-corrected chi connectivity index (χ1v) is 22.5. The number of nitrogens with zero attached hydrogens (tertiary/aromatic N) is 6. The van der Waals surface area contributed by atoms with E-state index in [-0.39, 0.29) is 11.7 Å². The van der Waals surface area contributed by atoms with Crippen LogP contribution >= 0.6 is 0 Å². The van der Waals surface area contributed by atoms with E-state index in [9.17, 15) is 0 Å². The summed E-state index contributed by atoms with van der Waals surface area (Å²) in [4.78, 5) is 13.5. The number of benzene rings is 4. The van der Waals surface area contributed by atoms with Gasteiger partial charge in [0.15, 0.2) is 5.69 Å². The summed E-state index contributed by atoms with van der Waals surface area (Å²) in [7, 11) is 0. The Bertz CT molecular complexity index is 1900. The molecular weight excluding hydrogens is 805 g/mol. The molecular formula is C50H66N10O4. The lowest BCUT2D eigenvalue weighted by Gasteiger charge is -2.21. The van der Waals surface area contributed by atoms with Gasteiger partial charge in [-0.15, -0.1) is 0 Å². The van der Waals surface area contributed by atoms with E-state index in [0.29, 0.717) is 48.8 Å². The molecule has 0 aromatic heterocycles. The summed E-state index contributed by atoms with van der Waals surface area (Å²) in [5, 5.41) is 23.7. The van der Waals surface area contributed by atoms with Crippen molar-refractivity contribution in [3.63, 3.8) is 0 Å². The molecule has 2 saturated heterocycles. The minimum Gasteiger partial charge on any atom is -0.494 e. The van der Waals surface area contributed by atoms with Gasteiger partial charge in [0.2, 0.25) is 0 Å². The van der Waals surface area contributed by atoms with Crippen LogP contribution in [-0.2, 0) is 0 Å². The molecule has 0 bridgehead atoms. The Morgan fingerprint density at radius 1 is 0.500 bits per heavy atom. The quantitative estimate of drug-likeness (QED) is 0.0281. The zero-order valence-electron chi connectivity index (χ0n) is 37.3. The average Bonchev–Trinajstić information content (AvgIpc) is 3.70. The van der Waals surface area contributed by atoms with Crippen molar-refractivity contribution in [3.8, 4) is 29.1 Å². The molecule has 4 aromatic rings. The maximum atomic E-state index is 8.84. The lowest BCUT2D eigenvalue weighted by Crippen LogP contribution is -2.32. The van der Waals surface area contributed by atoms with Crippen LogP contribution in [0.15, 0.2) is 97.1 Å². The summed E-state index contributed by atoms with van der Waals surface area (Å²) in [6, 6.07) is 31.4. The minimum absolute atomic E-state index is 0.0738. The van der Waals surface area contributed by atoms with Crippen molar-refractivity contribution >= 4 is 17.4 Å². The van der Waals surface area contributed by atoms with Crippen molar-refractivity contribution in [2.45, 2.75) is 38.5 Å². The number of nitriles is 1. The van der Waals surface area contributed by atoms with Crippen molar-refractivity contribution in [2.75, 3.05) is 105 Å². The van der Waals surface area contributed by atoms with Crippen LogP contribution in [0.1, 0.15) is 55.2 Å². The third kappa shape index (κ3) is 18.3. The molecule has 2 aliphatic heterocycles. The van der Waals surface area contributed by atoms with Gasteiger partial charge >= 0.3 is 0 Å². The minimum atomic E-state index is 0.0738. The van der Waals surface area contributed by atoms with E-state index in [2.05, 4.69) is 30.5 Å². The highest BCUT2D eigenvalue weighted by atomic mass is 16.5. The zero-order valence-corrected chi connectivity index (χ0v) is 37.3. The first kappa shape index (κ1) is 48.9. The Hall–Kier alpha value is -6.16.